The number of esters is 2. The zero-order valence-corrected chi connectivity index (χ0v) is 8.03. The van der Waals surface area contributed by atoms with Crippen molar-refractivity contribution in [1.29, 1.82) is 0 Å². The summed E-state index contributed by atoms with van der Waals surface area (Å²) in [6, 6.07) is 0. The maximum atomic E-state index is 11.7. The van der Waals surface area contributed by atoms with Gasteiger partial charge in [-0.2, -0.15) is 0 Å². The molecule has 1 aliphatic heterocycles. The van der Waals surface area contributed by atoms with Crippen LogP contribution in [0, 0.1) is 23.2 Å². The Hall–Kier alpha value is -1.12. The first kappa shape index (κ1) is 8.21. The fourth-order valence-electron chi connectivity index (χ4n) is 3.26. The number of carbonyl (C=O) groups is 2. The minimum absolute atomic E-state index is 0.205. The van der Waals surface area contributed by atoms with E-state index < -0.39 is 5.41 Å². The predicted molar refractivity (Wildman–Crippen MR) is 48.1 cm³/mol. The summed E-state index contributed by atoms with van der Waals surface area (Å²) < 4.78 is 4.77. The fraction of sp³-hybridized carbons (Fsp3) is 0.636. The molecule has 0 N–H and O–H groups in total. The standard InChI is InChI=1S/C11H12O3/c1-11-7-4-2-6(3-5-7)8(11)9(12)14-10(11)13/h2,4,6-8H,3,5H2,1H3/t6-,7+,8+,11-/m0/s1. The molecule has 4 rings (SSSR count). The van der Waals surface area contributed by atoms with Gasteiger partial charge in [0.1, 0.15) is 0 Å². The molecule has 74 valence electrons. The van der Waals surface area contributed by atoms with Crippen LogP contribution in [0.15, 0.2) is 12.2 Å². The lowest BCUT2D eigenvalue weighted by Gasteiger charge is -2.44. The number of ether oxygens (including phenoxy) is 1. The highest BCUT2D eigenvalue weighted by molar-refractivity contribution is 6.00. The summed E-state index contributed by atoms with van der Waals surface area (Å²) in [6.45, 7) is 1.88. The minimum Gasteiger partial charge on any atom is -0.392 e. The van der Waals surface area contributed by atoms with E-state index in [0.717, 1.165) is 12.8 Å². The molecule has 0 radical (unpaired) electrons. The molecule has 0 aromatic carbocycles. The molecule has 0 aromatic heterocycles. The molecule has 2 fully saturated rings. The van der Waals surface area contributed by atoms with E-state index >= 15 is 0 Å². The highest BCUT2D eigenvalue weighted by Crippen LogP contribution is 2.56. The summed E-state index contributed by atoms with van der Waals surface area (Å²) in [4.78, 5) is 23.2. The van der Waals surface area contributed by atoms with Crippen LogP contribution in [0.5, 0.6) is 0 Å². The normalized spacial score (nSPS) is 49.4. The second kappa shape index (κ2) is 2.27. The van der Waals surface area contributed by atoms with Crippen LogP contribution in [-0.4, -0.2) is 11.9 Å². The molecule has 0 spiro atoms. The number of hydrogen-bond donors (Lipinski definition) is 0. The second-order valence-electron chi connectivity index (χ2n) is 4.70. The van der Waals surface area contributed by atoms with Crippen molar-refractivity contribution in [1.82, 2.24) is 0 Å². The number of hydrogen-bond acceptors (Lipinski definition) is 3. The van der Waals surface area contributed by atoms with Crippen LogP contribution in [0.2, 0.25) is 0 Å². The van der Waals surface area contributed by atoms with Crippen molar-refractivity contribution in [2.45, 2.75) is 19.8 Å². The topological polar surface area (TPSA) is 43.4 Å². The molecule has 4 aliphatic rings. The van der Waals surface area contributed by atoms with Crippen molar-refractivity contribution < 1.29 is 14.3 Å². The van der Waals surface area contributed by atoms with E-state index in [0.29, 0.717) is 0 Å². The van der Waals surface area contributed by atoms with Crippen LogP contribution < -0.4 is 0 Å². The predicted octanol–water partition coefficient (Wildman–Crippen LogP) is 1.29. The number of carbonyl (C=O) groups excluding carboxylic acids is 2. The molecular formula is C11H12O3. The van der Waals surface area contributed by atoms with E-state index in [9.17, 15) is 9.59 Å². The monoisotopic (exact) mass is 192 g/mol. The molecule has 2 bridgehead atoms. The van der Waals surface area contributed by atoms with E-state index in [4.69, 9.17) is 4.74 Å². The first-order valence-electron chi connectivity index (χ1n) is 5.08. The quantitative estimate of drug-likeness (QED) is 0.330. The number of fused-ring (bicyclic) bond motifs is 1. The van der Waals surface area contributed by atoms with E-state index in [2.05, 4.69) is 12.2 Å². The van der Waals surface area contributed by atoms with E-state index in [1.54, 1.807) is 0 Å². The molecule has 0 unspecified atom stereocenters. The van der Waals surface area contributed by atoms with E-state index in [1.807, 2.05) is 6.92 Å². The van der Waals surface area contributed by atoms with Crippen LogP contribution in [0.25, 0.3) is 0 Å². The molecule has 3 heteroatoms. The summed E-state index contributed by atoms with van der Waals surface area (Å²) in [5.41, 5.74) is -0.561. The number of cyclic esters (lactones) is 2. The van der Waals surface area contributed by atoms with Gasteiger partial charge in [0.05, 0.1) is 11.3 Å². The van der Waals surface area contributed by atoms with Crippen LogP contribution >= 0.6 is 0 Å². The van der Waals surface area contributed by atoms with Gasteiger partial charge in [-0.1, -0.05) is 12.2 Å². The van der Waals surface area contributed by atoms with Crippen LogP contribution in [0.4, 0.5) is 0 Å². The van der Waals surface area contributed by atoms with Gasteiger partial charge in [0.2, 0.25) is 0 Å². The smallest absolute Gasteiger partial charge is 0.320 e. The van der Waals surface area contributed by atoms with Gasteiger partial charge in [0, 0.05) is 0 Å². The lowest BCUT2D eigenvalue weighted by atomic mass is 9.55. The third kappa shape index (κ3) is 0.703. The Morgan fingerprint density at radius 3 is 2.71 bits per heavy atom. The first-order chi connectivity index (χ1) is 6.64. The highest BCUT2D eigenvalue weighted by Gasteiger charge is 2.63. The summed E-state index contributed by atoms with van der Waals surface area (Å²) >= 11 is 0. The van der Waals surface area contributed by atoms with Crippen molar-refractivity contribution in [2.24, 2.45) is 23.2 Å². The molecule has 4 atom stereocenters. The Kier molecular flexibility index (Phi) is 1.33. The Balaban J connectivity index is 2.16. The molecule has 1 heterocycles. The Bertz CT molecular complexity index is 358. The van der Waals surface area contributed by atoms with Gasteiger partial charge in [-0.25, -0.2) is 0 Å². The molecule has 1 saturated carbocycles. The van der Waals surface area contributed by atoms with Crippen LogP contribution in [-0.2, 0) is 14.3 Å². The van der Waals surface area contributed by atoms with Crippen molar-refractivity contribution >= 4 is 11.9 Å². The molecule has 1 saturated heterocycles. The fourth-order valence-corrected chi connectivity index (χ4v) is 3.26. The number of allylic oxidation sites excluding steroid dienone is 2. The Morgan fingerprint density at radius 2 is 2.14 bits per heavy atom. The zero-order chi connectivity index (χ0) is 9.92. The summed E-state index contributed by atoms with van der Waals surface area (Å²) in [5, 5.41) is 0. The van der Waals surface area contributed by atoms with Crippen molar-refractivity contribution in [3.63, 3.8) is 0 Å². The van der Waals surface area contributed by atoms with Gasteiger partial charge in [0.25, 0.3) is 0 Å². The van der Waals surface area contributed by atoms with Crippen molar-refractivity contribution in [3.05, 3.63) is 12.2 Å². The average Bonchev–Trinajstić information content (AvgIpc) is 2.42. The molecule has 0 aromatic rings. The third-order valence-electron chi connectivity index (χ3n) is 4.13. The van der Waals surface area contributed by atoms with Crippen LogP contribution in [0.3, 0.4) is 0 Å². The highest BCUT2D eigenvalue weighted by atomic mass is 16.6. The van der Waals surface area contributed by atoms with Gasteiger partial charge in [-0.05, 0) is 31.6 Å². The summed E-state index contributed by atoms with van der Waals surface area (Å²) in [6.07, 6.45) is 6.20. The maximum absolute atomic E-state index is 11.7. The van der Waals surface area contributed by atoms with Gasteiger partial charge in [0.15, 0.2) is 0 Å². The summed E-state index contributed by atoms with van der Waals surface area (Å²) in [7, 11) is 0. The molecule has 3 aliphatic carbocycles. The third-order valence-corrected chi connectivity index (χ3v) is 4.13. The molecule has 14 heavy (non-hydrogen) atoms. The molecule has 3 nitrogen and oxygen atoms in total. The SMILES string of the molecule is C[C@@]12C(=O)OC(=O)[C@H]1[C@H]1C=C[C@@H]2CC1. The number of rotatable bonds is 0. The zero-order valence-electron chi connectivity index (χ0n) is 8.03. The van der Waals surface area contributed by atoms with E-state index in [1.165, 1.54) is 0 Å². The van der Waals surface area contributed by atoms with Crippen molar-refractivity contribution in [2.75, 3.05) is 0 Å². The van der Waals surface area contributed by atoms with Crippen molar-refractivity contribution in [3.8, 4) is 0 Å². The van der Waals surface area contributed by atoms with Gasteiger partial charge < -0.3 is 4.74 Å². The maximum Gasteiger partial charge on any atom is 0.320 e. The van der Waals surface area contributed by atoms with Gasteiger partial charge >= 0.3 is 11.9 Å². The Morgan fingerprint density at radius 1 is 1.36 bits per heavy atom. The average molecular weight is 192 g/mol. The van der Waals surface area contributed by atoms with Gasteiger partial charge in [-0.3, -0.25) is 9.59 Å². The minimum atomic E-state index is -0.561. The Labute approximate surface area is 82.1 Å². The summed E-state index contributed by atoms with van der Waals surface area (Å²) in [5.74, 6) is -0.401. The second-order valence-corrected chi connectivity index (χ2v) is 4.70. The largest absolute Gasteiger partial charge is 0.392 e. The lowest BCUT2D eigenvalue weighted by molar-refractivity contribution is -0.155. The lowest BCUT2D eigenvalue weighted by Crippen LogP contribution is -2.47. The van der Waals surface area contributed by atoms with Gasteiger partial charge in [-0.15, -0.1) is 0 Å². The van der Waals surface area contributed by atoms with Crippen LogP contribution in [0.1, 0.15) is 19.8 Å². The van der Waals surface area contributed by atoms with E-state index in [-0.39, 0.29) is 29.7 Å². The first-order valence-corrected chi connectivity index (χ1v) is 5.08. The molecular weight excluding hydrogens is 180 g/mol. The molecule has 0 amide bonds.